The number of benzene rings is 2. The lowest BCUT2D eigenvalue weighted by atomic mass is 9.85. The van der Waals surface area contributed by atoms with Gasteiger partial charge in [0, 0.05) is 30.3 Å². The lowest BCUT2D eigenvalue weighted by Crippen LogP contribution is -2.44. The molecule has 1 aromatic heterocycles. The third-order valence-electron chi connectivity index (χ3n) is 6.54. The standard InChI is InChI=1S/C31H40ClN3O3.ClH/c1-21-10-7-8-11-23(21)24-13-15-26(30(37)34-28(16-18-36)31(2,3)4)33-29(24)22-12-14-25(32)27(20-22)38-19-9-17-35(5)6;/h7-8,10-15,20,28,36H,9,16-19H2,1-6H3,(H,34,37);1H/t28-;/m0./s1. The molecule has 8 heteroatoms. The van der Waals surface area contributed by atoms with Crippen molar-refractivity contribution in [2.24, 2.45) is 5.41 Å². The van der Waals surface area contributed by atoms with Crippen molar-refractivity contribution < 1.29 is 14.6 Å². The number of carbonyl (C=O) groups is 1. The number of carbonyl (C=O) groups excluding carboxylic acids is 1. The van der Waals surface area contributed by atoms with Crippen molar-refractivity contribution in [1.82, 2.24) is 15.2 Å². The number of aromatic nitrogens is 1. The van der Waals surface area contributed by atoms with Crippen LogP contribution in [0.2, 0.25) is 5.02 Å². The molecule has 39 heavy (non-hydrogen) atoms. The third kappa shape index (κ3) is 8.94. The van der Waals surface area contributed by atoms with Gasteiger partial charge in [-0.05, 0) is 74.7 Å². The fourth-order valence-electron chi connectivity index (χ4n) is 4.31. The van der Waals surface area contributed by atoms with Crippen LogP contribution >= 0.6 is 24.0 Å². The molecule has 6 nitrogen and oxygen atoms in total. The molecule has 0 aliphatic carbocycles. The van der Waals surface area contributed by atoms with E-state index >= 15 is 0 Å². The largest absolute Gasteiger partial charge is 0.492 e. The molecule has 3 rings (SSSR count). The van der Waals surface area contributed by atoms with Gasteiger partial charge in [0.15, 0.2) is 0 Å². The maximum absolute atomic E-state index is 13.3. The molecule has 1 heterocycles. The summed E-state index contributed by atoms with van der Waals surface area (Å²) in [5.41, 5.74) is 4.66. The molecule has 3 aromatic rings. The van der Waals surface area contributed by atoms with E-state index in [0.717, 1.165) is 35.2 Å². The minimum absolute atomic E-state index is 0. The number of nitrogens with one attached hydrogen (secondary N) is 1. The predicted octanol–water partition coefficient (Wildman–Crippen LogP) is 6.66. The first kappa shape index (κ1) is 32.6. The second-order valence-electron chi connectivity index (χ2n) is 11.0. The molecule has 0 fully saturated rings. The number of aliphatic hydroxyl groups excluding tert-OH is 1. The van der Waals surface area contributed by atoms with E-state index in [1.807, 2.05) is 71.3 Å². The van der Waals surface area contributed by atoms with Crippen LogP contribution in [0.25, 0.3) is 22.4 Å². The van der Waals surface area contributed by atoms with Gasteiger partial charge in [0.1, 0.15) is 11.4 Å². The summed E-state index contributed by atoms with van der Waals surface area (Å²) in [5.74, 6) is 0.316. The molecule has 0 radical (unpaired) electrons. The minimum Gasteiger partial charge on any atom is -0.492 e. The first-order chi connectivity index (χ1) is 18.0. The molecule has 0 bridgehead atoms. The Bertz CT molecular complexity index is 1240. The zero-order chi connectivity index (χ0) is 27.9. The van der Waals surface area contributed by atoms with Crippen LogP contribution < -0.4 is 10.1 Å². The van der Waals surface area contributed by atoms with Crippen LogP contribution in [0.1, 0.15) is 49.7 Å². The minimum atomic E-state index is -0.273. The van der Waals surface area contributed by atoms with Crippen molar-refractivity contribution in [2.75, 3.05) is 33.9 Å². The number of halogens is 2. The fourth-order valence-corrected chi connectivity index (χ4v) is 4.48. The van der Waals surface area contributed by atoms with E-state index in [9.17, 15) is 9.90 Å². The van der Waals surface area contributed by atoms with Gasteiger partial charge in [0.2, 0.25) is 0 Å². The zero-order valence-electron chi connectivity index (χ0n) is 23.8. The predicted molar refractivity (Wildman–Crippen MR) is 163 cm³/mol. The summed E-state index contributed by atoms with van der Waals surface area (Å²) in [5, 5.41) is 13.1. The molecule has 0 spiro atoms. The van der Waals surface area contributed by atoms with Crippen LogP contribution in [0.3, 0.4) is 0 Å². The van der Waals surface area contributed by atoms with Crippen molar-refractivity contribution in [3.63, 3.8) is 0 Å². The van der Waals surface area contributed by atoms with Crippen molar-refractivity contribution in [3.05, 3.63) is 70.9 Å². The van der Waals surface area contributed by atoms with Gasteiger partial charge >= 0.3 is 0 Å². The van der Waals surface area contributed by atoms with Crippen molar-refractivity contribution in [3.8, 4) is 28.1 Å². The monoisotopic (exact) mass is 573 g/mol. The third-order valence-corrected chi connectivity index (χ3v) is 6.86. The Morgan fingerprint density at radius 1 is 1.10 bits per heavy atom. The first-order valence-electron chi connectivity index (χ1n) is 13.1. The summed E-state index contributed by atoms with van der Waals surface area (Å²) in [6.45, 7) is 9.64. The molecule has 0 saturated heterocycles. The zero-order valence-corrected chi connectivity index (χ0v) is 25.3. The van der Waals surface area contributed by atoms with Crippen LogP contribution in [-0.2, 0) is 0 Å². The van der Waals surface area contributed by atoms with Crippen LogP contribution in [0, 0.1) is 12.3 Å². The van der Waals surface area contributed by atoms with Crippen LogP contribution in [0.4, 0.5) is 0 Å². The highest BCUT2D eigenvalue weighted by Gasteiger charge is 2.27. The Kier molecular flexibility index (Phi) is 12.2. The van der Waals surface area contributed by atoms with E-state index in [2.05, 4.69) is 29.3 Å². The summed E-state index contributed by atoms with van der Waals surface area (Å²) in [6, 6.07) is 17.2. The average Bonchev–Trinajstić information content (AvgIpc) is 2.86. The van der Waals surface area contributed by atoms with Gasteiger partial charge in [-0.1, -0.05) is 62.7 Å². The fraction of sp³-hybridized carbons (Fsp3) is 0.419. The van der Waals surface area contributed by atoms with Gasteiger partial charge in [-0.3, -0.25) is 4.79 Å². The smallest absolute Gasteiger partial charge is 0.270 e. The van der Waals surface area contributed by atoms with Gasteiger partial charge in [0.05, 0.1) is 17.3 Å². The Labute approximate surface area is 244 Å². The SMILES string of the molecule is Cc1ccccc1-c1ccc(C(=O)N[C@@H](CCO)C(C)(C)C)nc1-c1ccc(Cl)c(OCCCN(C)C)c1.Cl. The van der Waals surface area contributed by atoms with Gasteiger partial charge < -0.3 is 20.1 Å². The van der Waals surface area contributed by atoms with Gasteiger partial charge in [0.25, 0.3) is 5.91 Å². The topological polar surface area (TPSA) is 74.7 Å². The molecule has 0 aliphatic heterocycles. The first-order valence-corrected chi connectivity index (χ1v) is 13.4. The normalized spacial score (nSPS) is 12.1. The summed E-state index contributed by atoms with van der Waals surface area (Å²) in [7, 11) is 4.06. The van der Waals surface area contributed by atoms with Crippen molar-refractivity contribution in [2.45, 2.75) is 46.6 Å². The quantitative estimate of drug-likeness (QED) is 0.251. The van der Waals surface area contributed by atoms with E-state index < -0.39 is 0 Å². The Hall–Kier alpha value is -2.64. The van der Waals surface area contributed by atoms with Gasteiger partial charge in [-0.25, -0.2) is 4.98 Å². The number of rotatable bonds is 11. The molecule has 2 N–H and O–H groups in total. The Balaban J connectivity index is 0.00000533. The van der Waals surface area contributed by atoms with Crippen LogP contribution in [0.15, 0.2) is 54.6 Å². The lowest BCUT2D eigenvalue weighted by Gasteiger charge is -2.31. The summed E-state index contributed by atoms with van der Waals surface area (Å²) in [6.07, 6.45) is 1.34. The highest BCUT2D eigenvalue weighted by atomic mass is 35.5. The lowest BCUT2D eigenvalue weighted by molar-refractivity contribution is 0.0880. The van der Waals surface area contributed by atoms with Crippen molar-refractivity contribution >= 4 is 29.9 Å². The molecule has 212 valence electrons. The molecule has 1 amide bonds. The summed E-state index contributed by atoms with van der Waals surface area (Å²) >= 11 is 6.48. The Morgan fingerprint density at radius 2 is 1.82 bits per heavy atom. The van der Waals surface area contributed by atoms with E-state index in [4.69, 9.17) is 21.3 Å². The average molecular weight is 575 g/mol. The number of hydrogen-bond donors (Lipinski definition) is 2. The molecule has 0 saturated carbocycles. The number of aryl methyl sites for hydroxylation is 1. The Morgan fingerprint density at radius 3 is 2.46 bits per heavy atom. The molecular weight excluding hydrogens is 533 g/mol. The number of nitrogens with zero attached hydrogens (tertiary/aromatic N) is 2. The van der Waals surface area contributed by atoms with E-state index in [0.29, 0.717) is 35.2 Å². The molecule has 0 aliphatic rings. The van der Waals surface area contributed by atoms with Crippen LogP contribution in [0.5, 0.6) is 5.75 Å². The summed E-state index contributed by atoms with van der Waals surface area (Å²) < 4.78 is 6.02. The summed E-state index contributed by atoms with van der Waals surface area (Å²) in [4.78, 5) is 20.3. The number of amides is 1. The molecule has 1 atom stereocenters. The molecule has 0 unspecified atom stereocenters. The van der Waals surface area contributed by atoms with Crippen LogP contribution in [-0.4, -0.2) is 60.8 Å². The van der Waals surface area contributed by atoms with Gasteiger partial charge in [-0.15, -0.1) is 12.4 Å². The van der Waals surface area contributed by atoms with Gasteiger partial charge in [-0.2, -0.15) is 0 Å². The maximum Gasteiger partial charge on any atom is 0.270 e. The van der Waals surface area contributed by atoms with E-state index in [1.54, 1.807) is 6.07 Å². The number of hydrogen-bond acceptors (Lipinski definition) is 5. The van der Waals surface area contributed by atoms with E-state index in [1.165, 1.54) is 0 Å². The highest BCUT2D eigenvalue weighted by Crippen LogP contribution is 2.36. The van der Waals surface area contributed by atoms with E-state index in [-0.39, 0.29) is 36.4 Å². The highest BCUT2D eigenvalue weighted by molar-refractivity contribution is 6.32. The second kappa shape index (κ2) is 14.7. The second-order valence-corrected chi connectivity index (χ2v) is 11.4. The number of aliphatic hydroxyl groups is 1. The van der Waals surface area contributed by atoms with Crippen molar-refractivity contribution in [1.29, 1.82) is 0 Å². The molecule has 2 aromatic carbocycles. The molecular formula is C31H41Cl2N3O3. The maximum atomic E-state index is 13.3. The number of ether oxygens (including phenoxy) is 1. The number of pyridine rings is 1.